The number of hydrogen-bond donors (Lipinski definition) is 6. The van der Waals surface area contributed by atoms with Gasteiger partial charge in [0.2, 0.25) is 5.43 Å². The molecule has 24 heteroatoms. The molecule has 4 aliphatic heterocycles. The van der Waals surface area contributed by atoms with Crippen molar-refractivity contribution in [3.8, 4) is 0 Å². The number of ether oxygens (including phenoxy) is 7. The first-order valence-electron chi connectivity index (χ1n) is 28.2. The molecule has 6 rings (SSSR count). The molecule has 0 saturated carbocycles. The average Bonchev–Trinajstić information content (AvgIpc) is 3.40. The molecule has 0 bridgehead atoms. The molecule has 0 unspecified atom stereocenters. The monoisotopic (exact) mass is 1170 g/mol. The molecule has 0 spiro atoms. The number of likely N-dealkylation sites (N-methyl/N-ethyl adjacent to an activating group) is 1. The Labute approximate surface area is 476 Å². The fraction of sp³-hybridized carbons (Fsp3) is 0.772. The van der Waals surface area contributed by atoms with Crippen molar-refractivity contribution < 1.29 is 90.5 Å². The minimum Gasteiger partial charge on any atom is -0.483 e. The van der Waals surface area contributed by atoms with Crippen LogP contribution in [0, 0.1) is 23.7 Å². The summed E-state index contributed by atoms with van der Waals surface area (Å²) in [7, 11) is 2.40. The van der Waals surface area contributed by atoms with Crippen molar-refractivity contribution >= 4 is 45.2 Å². The van der Waals surface area contributed by atoms with Gasteiger partial charge in [0.25, 0.3) is 16.6 Å². The second-order valence-electron chi connectivity index (χ2n) is 23.5. The van der Waals surface area contributed by atoms with Crippen molar-refractivity contribution in [1.29, 1.82) is 0 Å². The van der Waals surface area contributed by atoms with E-state index in [1.54, 1.807) is 54.5 Å². The third-order valence-electron chi connectivity index (χ3n) is 17.2. The molecule has 0 radical (unpaired) electrons. The van der Waals surface area contributed by atoms with Crippen molar-refractivity contribution in [2.24, 2.45) is 23.7 Å². The van der Waals surface area contributed by atoms with Gasteiger partial charge in [-0.25, -0.2) is 4.79 Å². The number of aliphatic hydroxyl groups is 3. The quantitative estimate of drug-likeness (QED) is 0.0537. The van der Waals surface area contributed by atoms with Gasteiger partial charge in [0.15, 0.2) is 12.6 Å². The first kappa shape index (κ1) is 67.8. The maximum Gasteiger partial charge on any atom is 0.341 e. The number of Topliss-reactive ketones (excluding diaryl/α,β-unsaturated/α-hetero) is 1. The third kappa shape index (κ3) is 15.7. The first-order chi connectivity index (χ1) is 37.8. The lowest BCUT2D eigenvalue weighted by Crippen LogP contribution is -2.62. The smallest absolute Gasteiger partial charge is 0.341 e. The van der Waals surface area contributed by atoms with Crippen molar-refractivity contribution in [1.82, 2.24) is 14.8 Å². The zero-order valence-electron chi connectivity index (χ0n) is 49.6. The van der Waals surface area contributed by atoms with E-state index in [1.165, 1.54) is 34.3 Å². The Morgan fingerprint density at radius 3 is 2.19 bits per heavy atom. The molecule has 1 aromatic carbocycles. The van der Waals surface area contributed by atoms with Crippen LogP contribution >= 0.6 is 0 Å². The molecule has 81 heavy (non-hydrogen) atoms. The number of pyridine rings is 1. The van der Waals surface area contributed by atoms with Gasteiger partial charge in [-0.2, -0.15) is 8.42 Å². The summed E-state index contributed by atoms with van der Waals surface area (Å²) in [5.74, 6) is -6.67. The van der Waals surface area contributed by atoms with E-state index in [1.807, 2.05) is 30.5 Å². The van der Waals surface area contributed by atoms with Gasteiger partial charge in [-0.05, 0) is 124 Å². The number of rotatable bonds is 18. The number of aromatic carboxylic acids is 1. The number of hydrogen-bond acceptors (Lipinski definition) is 20. The summed E-state index contributed by atoms with van der Waals surface area (Å²) in [5.41, 5.74) is -2.87. The van der Waals surface area contributed by atoms with Gasteiger partial charge in [-0.1, -0.05) is 33.8 Å². The summed E-state index contributed by atoms with van der Waals surface area (Å²) in [6.07, 6.45) is -6.32. The van der Waals surface area contributed by atoms with Crippen molar-refractivity contribution in [2.75, 3.05) is 47.2 Å². The lowest BCUT2D eigenvalue weighted by atomic mass is 9.74. The summed E-state index contributed by atoms with van der Waals surface area (Å²) in [6, 6.07) is 3.46. The number of aryl methyl sites for hydroxylation is 3. The number of nitrogens with zero attached hydrogens (tertiary/aromatic N) is 2. The zero-order valence-corrected chi connectivity index (χ0v) is 50.4. The highest BCUT2D eigenvalue weighted by Crippen LogP contribution is 2.43. The number of nitrogens with one attached hydrogen (secondary N) is 1. The summed E-state index contributed by atoms with van der Waals surface area (Å²) in [6.45, 7) is 17.5. The molecule has 5 heterocycles. The summed E-state index contributed by atoms with van der Waals surface area (Å²) >= 11 is 0. The van der Waals surface area contributed by atoms with E-state index in [2.05, 4.69) is 11.4 Å². The molecule has 4 aliphatic rings. The largest absolute Gasteiger partial charge is 0.483 e. The van der Waals surface area contributed by atoms with Gasteiger partial charge in [0.05, 0.1) is 58.9 Å². The van der Waals surface area contributed by atoms with E-state index >= 15 is 0 Å². The van der Waals surface area contributed by atoms with E-state index < -0.39 is 123 Å². The number of carbonyl (C=O) groups is 4. The third-order valence-corrected chi connectivity index (χ3v) is 18.4. The molecular formula is C57H91N3O20S. The minimum absolute atomic E-state index is 0.0327. The van der Waals surface area contributed by atoms with Crippen LogP contribution in [0.4, 0.5) is 0 Å². The maximum absolute atomic E-state index is 14.6. The second-order valence-corrected chi connectivity index (χ2v) is 25.3. The Kier molecular flexibility index (Phi) is 23.6. The molecule has 0 aliphatic carbocycles. The number of benzene rings is 1. The molecule has 23 nitrogen and oxygen atoms in total. The fourth-order valence-electron chi connectivity index (χ4n) is 12.5. The van der Waals surface area contributed by atoms with Crippen molar-refractivity contribution in [2.45, 2.75) is 211 Å². The Morgan fingerprint density at radius 1 is 0.938 bits per heavy atom. The van der Waals surface area contributed by atoms with Crippen LogP contribution in [0.15, 0.2) is 23.1 Å². The van der Waals surface area contributed by atoms with Crippen molar-refractivity contribution in [3.63, 3.8) is 0 Å². The standard InChI is InChI=1S/C56H89N3O18S.CH2O2/c1-15-41-56(10,67)48(63)32(4)44(60)30(2)27-54(8,70-13)49(76-53-46(62)40(58(11)12)24-31(3)72-53)33(5)47(34(6)52(66)74-41)75-42-28-55(9,71-14)50(35(7)73-42)77-78(68,69)23-21-57-20-16-18-36-25-37-19-17-22-59-29-39(51(64)65)45(61)38(26-36)43(37)59;2-1-3/h25-26,29-35,40-42,46-50,53,57,62-63,67H,15-24,27-28H2,1-14H3,(H,64,65);1H,(H,2,3)/t30-,31-,32+,33+,34-,35+,40+,41-,42+,46-,47+,48-,49-,50+,53+,54-,55-,56-;/m1./s1. The van der Waals surface area contributed by atoms with Crippen LogP contribution in [0.5, 0.6) is 0 Å². The summed E-state index contributed by atoms with van der Waals surface area (Å²) in [4.78, 5) is 64.1. The second kappa shape index (κ2) is 28.2. The normalized spacial score (nSPS) is 36.3. The predicted octanol–water partition coefficient (Wildman–Crippen LogP) is 3.68. The van der Waals surface area contributed by atoms with Crippen LogP contribution in [0.3, 0.4) is 0 Å². The number of aliphatic hydroxyl groups excluding tert-OH is 2. The van der Waals surface area contributed by atoms with Crippen LogP contribution in [0.2, 0.25) is 0 Å². The Bertz CT molecular complexity index is 2650. The molecule has 1 aromatic heterocycles. The van der Waals surface area contributed by atoms with Gasteiger partial charge in [0, 0.05) is 69.1 Å². The van der Waals surface area contributed by atoms with E-state index in [9.17, 15) is 48.0 Å². The lowest BCUT2D eigenvalue weighted by molar-refractivity contribution is -0.317. The first-order valence-corrected chi connectivity index (χ1v) is 29.8. The van der Waals surface area contributed by atoms with Crippen LogP contribution in [0.25, 0.3) is 10.9 Å². The minimum atomic E-state index is -4.21. The average molecular weight is 1170 g/mol. The maximum atomic E-state index is 14.6. The van der Waals surface area contributed by atoms with Crippen LogP contribution in [-0.4, -0.2) is 199 Å². The van der Waals surface area contributed by atoms with E-state index in [4.69, 9.17) is 47.2 Å². The molecular weight excluding hydrogens is 1080 g/mol. The highest BCUT2D eigenvalue weighted by Gasteiger charge is 2.55. The number of methoxy groups -OCH3 is 2. The molecule has 18 atom stereocenters. The number of carboxylic acids is 1. The molecule has 0 amide bonds. The molecule has 3 fully saturated rings. The van der Waals surface area contributed by atoms with E-state index in [-0.39, 0.29) is 61.5 Å². The number of aromatic nitrogens is 1. The highest BCUT2D eigenvalue weighted by molar-refractivity contribution is 7.86. The summed E-state index contributed by atoms with van der Waals surface area (Å²) in [5, 5.41) is 55.4. The van der Waals surface area contributed by atoms with Gasteiger partial charge >= 0.3 is 11.9 Å². The number of ketones is 1. The van der Waals surface area contributed by atoms with E-state index in [0.717, 1.165) is 29.5 Å². The Morgan fingerprint density at radius 2 is 1.58 bits per heavy atom. The molecule has 460 valence electrons. The van der Waals surface area contributed by atoms with E-state index in [0.29, 0.717) is 37.7 Å². The molecule has 3 saturated heterocycles. The molecule has 6 N–H and O–H groups in total. The molecule has 2 aromatic rings. The Hall–Kier alpha value is -4.02. The van der Waals surface area contributed by atoms with Crippen LogP contribution < -0.4 is 10.7 Å². The number of carboxylic acid groups (broad SMARTS) is 2. The van der Waals surface area contributed by atoms with Gasteiger partial charge in [0.1, 0.15) is 35.3 Å². The zero-order chi connectivity index (χ0) is 60.7. The number of cyclic esters (lactones) is 1. The van der Waals surface area contributed by atoms with Crippen molar-refractivity contribution in [3.05, 3.63) is 45.2 Å². The highest BCUT2D eigenvalue weighted by atomic mass is 32.2. The number of carbonyl (C=O) groups excluding carboxylic acids is 2. The number of esters is 1. The van der Waals surface area contributed by atoms with Gasteiger partial charge in [-0.3, -0.25) is 23.4 Å². The topological polar surface area (TPSA) is 315 Å². The fourth-order valence-corrected chi connectivity index (χ4v) is 13.7. The van der Waals surface area contributed by atoms with Gasteiger partial charge < -0.3 is 73.5 Å². The Balaban J connectivity index is 0.00000392. The SMILES string of the molecule is CC[C@H]1OC(=O)[C@H](C)[C@@H](O[C@H]2C[C@@](C)(OC)[C@@H](OS(=O)(=O)CCNCCCc3cc4c5c(c3)c(=O)c(C(=O)O)cn5CCC4)[C@H](C)O2)[C@H](C)[C@@H](O[C@@H]2O[C@H](C)C[C@H](N(C)C)[C@H]2O)[C@](C)(OC)C[C@@H](C)C(=O)[C@H](C)[C@@H](O)[C@]1(C)O.O=CO. The van der Waals surface area contributed by atoms with Crippen LogP contribution in [-0.2, 0) is 81.2 Å². The van der Waals surface area contributed by atoms with Crippen LogP contribution in [0.1, 0.15) is 129 Å². The lowest BCUT2D eigenvalue weighted by Gasteiger charge is -2.50. The van der Waals surface area contributed by atoms with Gasteiger partial charge in [-0.15, -0.1) is 0 Å². The summed E-state index contributed by atoms with van der Waals surface area (Å²) < 4.78 is 80.2. The predicted molar refractivity (Wildman–Crippen MR) is 297 cm³/mol.